The van der Waals surface area contributed by atoms with E-state index in [2.05, 4.69) is 4.72 Å². The third kappa shape index (κ3) is 2.74. The molecule has 126 valence electrons. The number of nitrogens with zero attached hydrogens (tertiary/aromatic N) is 3. The summed E-state index contributed by atoms with van der Waals surface area (Å²) in [7, 11) is -4.17. The zero-order chi connectivity index (χ0) is 17.5. The van der Waals surface area contributed by atoms with Crippen LogP contribution in [0.25, 0.3) is 10.9 Å². The lowest BCUT2D eigenvalue weighted by molar-refractivity contribution is 0.541. The smallest absolute Gasteiger partial charge is 0.268 e. The maximum atomic E-state index is 12.7. The fraction of sp³-hybridized carbons (Fsp3) is 0.400. The van der Waals surface area contributed by atoms with Crippen molar-refractivity contribution in [3.05, 3.63) is 45.1 Å². The molecule has 0 radical (unpaired) electrons. The van der Waals surface area contributed by atoms with Crippen molar-refractivity contribution < 1.29 is 8.42 Å². The zero-order valence-electron chi connectivity index (χ0n) is 13.0. The molecule has 0 spiro atoms. The minimum Gasteiger partial charge on any atom is -0.268 e. The molecule has 0 aliphatic heterocycles. The van der Waals surface area contributed by atoms with Crippen molar-refractivity contribution in [3.8, 4) is 6.07 Å². The number of para-hydroxylation sites is 1. The number of benzene rings is 1. The summed E-state index contributed by atoms with van der Waals surface area (Å²) in [5.41, 5.74) is -2.11. The number of nitrogens with one attached hydrogen (secondary N) is 1. The lowest BCUT2D eigenvalue weighted by Gasteiger charge is -2.17. The van der Waals surface area contributed by atoms with E-state index in [4.69, 9.17) is 5.26 Å². The maximum absolute atomic E-state index is 12.7. The average molecular weight is 348 g/mol. The van der Waals surface area contributed by atoms with Crippen LogP contribution in [-0.4, -0.2) is 22.5 Å². The number of aromatic nitrogens is 2. The molecule has 1 saturated carbocycles. The van der Waals surface area contributed by atoms with Gasteiger partial charge in [-0.25, -0.2) is 4.79 Å². The van der Waals surface area contributed by atoms with Crippen molar-refractivity contribution in [1.82, 2.24) is 13.3 Å². The molecule has 0 saturated heterocycles. The zero-order valence-corrected chi connectivity index (χ0v) is 13.8. The van der Waals surface area contributed by atoms with Crippen LogP contribution in [0, 0.1) is 11.3 Å². The highest BCUT2D eigenvalue weighted by Gasteiger charge is 2.42. The first-order chi connectivity index (χ1) is 11.3. The molecule has 1 aromatic heterocycles. The van der Waals surface area contributed by atoms with E-state index in [1.807, 2.05) is 6.07 Å². The summed E-state index contributed by atoms with van der Waals surface area (Å²) in [6, 6.07) is 7.89. The summed E-state index contributed by atoms with van der Waals surface area (Å²) in [6.45, 7) is 1.59. The van der Waals surface area contributed by atoms with Crippen LogP contribution in [0.15, 0.2) is 33.9 Å². The van der Waals surface area contributed by atoms with Crippen LogP contribution >= 0.6 is 0 Å². The van der Waals surface area contributed by atoms with Gasteiger partial charge in [-0.05, 0) is 31.9 Å². The lowest BCUT2D eigenvalue weighted by atomic mass is 10.2. The molecule has 24 heavy (non-hydrogen) atoms. The summed E-state index contributed by atoms with van der Waals surface area (Å²) >= 11 is 0. The fourth-order valence-electron chi connectivity index (χ4n) is 2.51. The molecule has 8 nitrogen and oxygen atoms in total. The van der Waals surface area contributed by atoms with Crippen molar-refractivity contribution in [2.45, 2.75) is 38.3 Å². The molecule has 9 heteroatoms. The number of fused-ring (bicyclic) bond motifs is 1. The van der Waals surface area contributed by atoms with Gasteiger partial charge >= 0.3 is 15.9 Å². The molecule has 1 N–H and O–H groups in total. The predicted molar refractivity (Wildman–Crippen MR) is 87.8 cm³/mol. The first kappa shape index (κ1) is 16.4. The molecule has 1 aromatic carbocycles. The van der Waals surface area contributed by atoms with Crippen LogP contribution in [0.3, 0.4) is 0 Å². The Hall–Kier alpha value is -2.44. The maximum Gasteiger partial charge on any atom is 0.346 e. The molecule has 1 fully saturated rings. The molecule has 1 heterocycles. The van der Waals surface area contributed by atoms with Gasteiger partial charge in [-0.2, -0.15) is 22.4 Å². The van der Waals surface area contributed by atoms with E-state index in [1.54, 1.807) is 19.1 Å². The number of hydrogen-bond donors (Lipinski definition) is 1. The van der Waals surface area contributed by atoms with Crippen molar-refractivity contribution in [1.29, 1.82) is 5.26 Å². The molecule has 0 unspecified atom stereocenters. The van der Waals surface area contributed by atoms with Gasteiger partial charge in [0.15, 0.2) is 0 Å². The Morgan fingerprint density at radius 3 is 2.58 bits per heavy atom. The van der Waals surface area contributed by atoms with Gasteiger partial charge in [0.25, 0.3) is 5.56 Å². The largest absolute Gasteiger partial charge is 0.346 e. The monoisotopic (exact) mass is 348 g/mol. The van der Waals surface area contributed by atoms with E-state index in [-0.39, 0.29) is 23.9 Å². The van der Waals surface area contributed by atoms with Gasteiger partial charge in [0.1, 0.15) is 0 Å². The predicted octanol–water partition coefficient (Wildman–Crippen LogP) is 0.312. The molecule has 2 aromatic rings. The van der Waals surface area contributed by atoms with Crippen molar-refractivity contribution in [2.75, 3.05) is 0 Å². The van der Waals surface area contributed by atoms with Gasteiger partial charge < -0.3 is 0 Å². The van der Waals surface area contributed by atoms with E-state index < -0.39 is 27.0 Å². The Morgan fingerprint density at radius 1 is 1.29 bits per heavy atom. The van der Waals surface area contributed by atoms with Crippen LogP contribution in [0.2, 0.25) is 0 Å². The Bertz CT molecular complexity index is 1070. The van der Waals surface area contributed by atoms with Gasteiger partial charge in [0.2, 0.25) is 0 Å². The molecule has 1 aliphatic rings. The summed E-state index contributed by atoms with van der Waals surface area (Å²) in [6.07, 6.45) is 1.30. The summed E-state index contributed by atoms with van der Waals surface area (Å²) in [4.78, 5) is 25.1. The van der Waals surface area contributed by atoms with E-state index in [1.165, 1.54) is 12.1 Å². The second kappa shape index (κ2) is 5.58. The topological polar surface area (TPSA) is 114 Å². The van der Waals surface area contributed by atoms with Crippen LogP contribution < -0.4 is 16.0 Å². The van der Waals surface area contributed by atoms with Crippen molar-refractivity contribution >= 4 is 21.1 Å². The minimum atomic E-state index is -4.17. The lowest BCUT2D eigenvalue weighted by Crippen LogP contribution is -2.48. The SMILES string of the molecule is CC1(NS(=O)(=O)n2c(=O)n(CCC#N)c(=O)c3ccccc32)CC1. The molecular weight excluding hydrogens is 332 g/mol. The first-order valence-electron chi connectivity index (χ1n) is 7.45. The van der Waals surface area contributed by atoms with Crippen molar-refractivity contribution in [2.24, 2.45) is 0 Å². The third-order valence-corrected chi connectivity index (χ3v) is 5.65. The molecule has 1 aliphatic carbocycles. The molecule has 3 rings (SSSR count). The summed E-state index contributed by atoms with van der Waals surface area (Å²) < 4.78 is 29.4. The Kier molecular flexibility index (Phi) is 3.81. The fourth-order valence-corrected chi connectivity index (χ4v) is 4.15. The number of hydrogen-bond acceptors (Lipinski definition) is 5. The highest BCUT2D eigenvalue weighted by molar-refractivity contribution is 7.88. The number of rotatable bonds is 5. The van der Waals surface area contributed by atoms with Crippen LogP contribution in [-0.2, 0) is 16.8 Å². The molecule has 0 bridgehead atoms. The Morgan fingerprint density at radius 2 is 1.96 bits per heavy atom. The quantitative estimate of drug-likeness (QED) is 0.835. The third-order valence-electron chi connectivity index (χ3n) is 4.07. The first-order valence-corrected chi connectivity index (χ1v) is 8.89. The van der Waals surface area contributed by atoms with Gasteiger partial charge in [0, 0.05) is 12.1 Å². The summed E-state index contributed by atoms with van der Waals surface area (Å²) in [5, 5.41) is 8.82. The van der Waals surface area contributed by atoms with Gasteiger partial charge in [-0.1, -0.05) is 12.1 Å². The minimum absolute atomic E-state index is 0.0254. The highest BCUT2D eigenvalue weighted by atomic mass is 32.2. The van der Waals surface area contributed by atoms with E-state index in [0.29, 0.717) is 16.8 Å². The van der Waals surface area contributed by atoms with Crippen LogP contribution in [0.5, 0.6) is 0 Å². The Balaban J connectivity index is 2.32. The van der Waals surface area contributed by atoms with Crippen LogP contribution in [0.4, 0.5) is 0 Å². The standard InChI is InChI=1S/C15H16N4O4S/c1-15(7-8-15)17-24(22,23)19-12-6-3-2-5-11(12)13(20)18(14(19)21)10-4-9-16/h2-3,5-6,17H,4,7-8,10H2,1H3. The summed E-state index contributed by atoms with van der Waals surface area (Å²) in [5.74, 6) is 0. The van der Waals surface area contributed by atoms with Gasteiger partial charge in [-0.3, -0.25) is 9.36 Å². The molecular formula is C15H16N4O4S. The second-order valence-corrected chi connectivity index (χ2v) is 7.62. The Labute approximate surface area is 138 Å². The van der Waals surface area contributed by atoms with E-state index in [0.717, 1.165) is 4.57 Å². The van der Waals surface area contributed by atoms with Gasteiger partial charge in [-0.15, -0.1) is 0 Å². The average Bonchev–Trinajstić information content (AvgIpc) is 3.23. The number of nitriles is 1. The van der Waals surface area contributed by atoms with Crippen LogP contribution in [0.1, 0.15) is 26.2 Å². The normalized spacial score (nSPS) is 16.0. The highest BCUT2D eigenvalue weighted by Crippen LogP contribution is 2.35. The molecule has 0 amide bonds. The van der Waals surface area contributed by atoms with Crippen molar-refractivity contribution in [3.63, 3.8) is 0 Å². The van der Waals surface area contributed by atoms with E-state index in [9.17, 15) is 18.0 Å². The molecule has 0 atom stereocenters. The van der Waals surface area contributed by atoms with E-state index >= 15 is 0 Å². The van der Waals surface area contributed by atoms with Gasteiger partial charge in [0.05, 0.1) is 23.4 Å². The second-order valence-electron chi connectivity index (χ2n) is 6.10.